The van der Waals surface area contributed by atoms with Gasteiger partial charge in [-0.2, -0.15) is 0 Å². The summed E-state index contributed by atoms with van der Waals surface area (Å²) >= 11 is 0. The maximum atomic E-state index is 12.4. The van der Waals surface area contributed by atoms with Gasteiger partial charge in [-0.05, 0) is 37.6 Å². The van der Waals surface area contributed by atoms with Crippen molar-refractivity contribution in [1.82, 2.24) is 25.6 Å². The van der Waals surface area contributed by atoms with Crippen LogP contribution < -0.4 is 20.7 Å². The quantitative estimate of drug-likeness (QED) is 0.342. The predicted molar refractivity (Wildman–Crippen MR) is 136 cm³/mol. The van der Waals surface area contributed by atoms with Crippen LogP contribution in [0, 0.1) is 0 Å². The summed E-state index contributed by atoms with van der Waals surface area (Å²) in [5.74, 6) is 1.08. The van der Waals surface area contributed by atoms with Crippen molar-refractivity contribution in [1.29, 1.82) is 0 Å². The number of rotatable bonds is 9. The van der Waals surface area contributed by atoms with Gasteiger partial charge < -0.3 is 25.8 Å². The summed E-state index contributed by atoms with van der Waals surface area (Å²) in [6.45, 7) is 1.55. The van der Waals surface area contributed by atoms with Crippen molar-refractivity contribution in [3.63, 3.8) is 0 Å². The van der Waals surface area contributed by atoms with E-state index in [2.05, 4.69) is 40.1 Å². The van der Waals surface area contributed by atoms with E-state index < -0.39 is 0 Å². The Labute approximate surface area is 201 Å². The second-order valence-electron chi connectivity index (χ2n) is 8.35. The number of anilines is 1. The third kappa shape index (κ3) is 5.78. The first kappa shape index (κ1) is 24.3. The van der Waals surface area contributed by atoms with Gasteiger partial charge in [0.25, 0.3) is 0 Å². The molecule has 1 aromatic carbocycles. The Balaban J connectivity index is 1.53. The van der Waals surface area contributed by atoms with Crippen LogP contribution in [-0.2, 0) is 11.4 Å². The molecular weight excluding hydrogens is 451 g/mol. The smallest absolute Gasteiger partial charge is 0.237 e. The number of pyridine rings is 1. The van der Waals surface area contributed by atoms with Gasteiger partial charge in [0.05, 0.1) is 30.0 Å². The topological polar surface area (TPSA) is 121 Å². The zero-order valence-corrected chi connectivity index (χ0v) is 20.4. The molecule has 34 heavy (non-hydrogen) atoms. The molecule has 10 heteroatoms. The van der Waals surface area contributed by atoms with E-state index in [0.29, 0.717) is 24.7 Å². The second kappa shape index (κ2) is 11.5. The fourth-order valence-electron chi connectivity index (χ4n) is 3.95. The van der Waals surface area contributed by atoms with Crippen LogP contribution in [0.4, 0.5) is 5.69 Å². The number of amides is 1. The van der Waals surface area contributed by atoms with Crippen LogP contribution in [-0.4, -0.2) is 64.4 Å². The number of carbonyl (C=O) groups is 1. The lowest BCUT2D eigenvalue weighted by Gasteiger charge is -2.23. The Morgan fingerprint density at radius 1 is 1.26 bits per heavy atom. The van der Waals surface area contributed by atoms with Crippen molar-refractivity contribution in [2.24, 2.45) is 0 Å². The molecule has 0 saturated carbocycles. The van der Waals surface area contributed by atoms with Gasteiger partial charge in [0.1, 0.15) is 12.4 Å². The normalized spacial score (nSPS) is 16.7. The number of aliphatic hydroxyl groups excluding tert-OH is 1. The van der Waals surface area contributed by atoms with Crippen LogP contribution >= 0.6 is 9.24 Å². The van der Waals surface area contributed by atoms with E-state index in [1.54, 1.807) is 18.6 Å². The first-order valence-electron chi connectivity index (χ1n) is 11.5. The Bertz CT molecular complexity index is 1120. The van der Waals surface area contributed by atoms with Crippen LogP contribution in [0.5, 0.6) is 5.75 Å². The molecule has 2 unspecified atom stereocenters. The molecule has 3 heterocycles. The van der Waals surface area contributed by atoms with Gasteiger partial charge in [0, 0.05) is 48.2 Å². The van der Waals surface area contributed by atoms with Crippen molar-refractivity contribution in [3.8, 4) is 16.9 Å². The molecule has 1 aliphatic rings. The van der Waals surface area contributed by atoms with Crippen molar-refractivity contribution in [2.45, 2.75) is 37.6 Å². The molecule has 0 radical (unpaired) electrons. The molecule has 180 valence electrons. The van der Waals surface area contributed by atoms with Crippen molar-refractivity contribution in [2.75, 3.05) is 32.1 Å². The summed E-state index contributed by atoms with van der Waals surface area (Å²) in [4.78, 5) is 25.4. The fourth-order valence-corrected chi connectivity index (χ4v) is 4.16. The number of aliphatic hydroxyl groups is 1. The molecule has 0 spiro atoms. The maximum Gasteiger partial charge on any atom is 0.237 e. The Kier molecular flexibility index (Phi) is 8.21. The number of piperidine rings is 1. The number of fused-ring (bicyclic) bond motifs is 1. The Hall–Kier alpha value is -2.87. The third-order valence-corrected chi connectivity index (χ3v) is 6.30. The van der Waals surface area contributed by atoms with E-state index in [-0.39, 0.29) is 24.2 Å². The highest BCUT2D eigenvalue weighted by Gasteiger charge is 2.21. The fraction of sp³-hybridized carbons (Fsp3) is 0.417. The van der Waals surface area contributed by atoms with E-state index >= 15 is 0 Å². The van der Waals surface area contributed by atoms with Crippen LogP contribution in [0.15, 0.2) is 36.8 Å². The third-order valence-electron chi connectivity index (χ3n) is 5.87. The zero-order valence-electron chi connectivity index (χ0n) is 19.3. The molecule has 3 aromatic rings. The van der Waals surface area contributed by atoms with Gasteiger partial charge in [-0.1, -0.05) is 6.42 Å². The van der Waals surface area contributed by atoms with Gasteiger partial charge >= 0.3 is 0 Å². The lowest BCUT2D eigenvalue weighted by molar-refractivity contribution is -0.123. The molecule has 3 atom stereocenters. The molecule has 4 N–H and O–H groups in total. The van der Waals surface area contributed by atoms with Crippen LogP contribution in [0.3, 0.4) is 0 Å². The largest absolute Gasteiger partial charge is 0.492 e. The summed E-state index contributed by atoms with van der Waals surface area (Å²) in [7, 11) is 4.60. The van der Waals surface area contributed by atoms with Crippen molar-refractivity contribution >= 4 is 31.7 Å². The Morgan fingerprint density at radius 2 is 2.09 bits per heavy atom. The summed E-state index contributed by atoms with van der Waals surface area (Å²) in [6.07, 6.45) is 8.21. The van der Waals surface area contributed by atoms with Crippen molar-refractivity contribution in [3.05, 3.63) is 42.6 Å². The van der Waals surface area contributed by atoms with E-state index in [4.69, 9.17) is 4.74 Å². The second-order valence-corrected chi connectivity index (χ2v) is 9.29. The number of ether oxygens (including phenoxy) is 1. The van der Waals surface area contributed by atoms with Gasteiger partial charge in [-0.3, -0.25) is 9.78 Å². The first-order valence-corrected chi connectivity index (χ1v) is 12.2. The van der Waals surface area contributed by atoms with Gasteiger partial charge in [0.2, 0.25) is 5.91 Å². The molecule has 4 rings (SSSR count). The van der Waals surface area contributed by atoms with E-state index in [0.717, 1.165) is 53.5 Å². The number of benzene rings is 1. The molecule has 1 amide bonds. The number of aromatic nitrogens is 3. The monoisotopic (exact) mass is 482 g/mol. The van der Waals surface area contributed by atoms with Gasteiger partial charge in [-0.15, -0.1) is 9.24 Å². The minimum absolute atomic E-state index is 0.0177. The highest BCUT2D eigenvalue weighted by molar-refractivity contribution is 7.17. The van der Waals surface area contributed by atoms with Crippen LogP contribution in [0.25, 0.3) is 22.0 Å². The minimum atomic E-state index is -0.215. The van der Waals surface area contributed by atoms with Gasteiger partial charge in [0.15, 0.2) is 5.82 Å². The predicted octanol–water partition coefficient (Wildman–Crippen LogP) is 2.11. The number of nitrogens with zero attached hydrogens (tertiary/aromatic N) is 3. The zero-order chi connectivity index (χ0) is 23.9. The average Bonchev–Trinajstić information content (AvgIpc) is 2.90. The summed E-state index contributed by atoms with van der Waals surface area (Å²) in [5.41, 5.74) is 3.31. The summed E-state index contributed by atoms with van der Waals surface area (Å²) in [6, 6.07) is 5.77. The highest BCUT2D eigenvalue weighted by atomic mass is 31.0. The molecule has 0 aliphatic carbocycles. The number of nitrogens with one attached hydrogen (secondary N) is 3. The minimum Gasteiger partial charge on any atom is -0.492 e. The van der Waals surface area contributed by atoms with E-state index in [1.165, 1.54) is 0 Å². The molecular formula is C24H31N6O3P. The molecule has 0 bridgehead atoms. The molecule has 1 saturated heterocycles. The van der Waals surface area contributed by atoms with Gasteiger partial charge in [-0.25, -0.2) is 9.97 Å². The van der Waals surface area contributed by atoms with E-state index in [9.17, 15) is 9.90 Å². The standard InChI is InChI=1S/C24H31N6O3P/c1-25-16-8-19-20(27-11-16)6-5-18(15-9-28-22(13-31)29-10-15)23(19)33-14-17(34)12-30-24(32)21-4-2-3-7-26-21/h5-6,8-11,17,21,25-26,31H,2-4,7,12-14,34H2,1H3,(H,30,32)/t17?,21-/m0/s1. The first-order chi connectivity index (χ1) is 16.6. The van der Waals surface area contributed by atoms with Crippen molar-refractivity contribution < 1.29 is 14.6 Å². The highest BCUT2D eigenvalue weighted by Crippen LogP contribution is 2.37. The lowest BCUT2D eigenvalue weighted by atomic mass is 10.0. The molecule has 9 nitrogen and oxygen atoms in total. The summed E-state index contributed by atoms with van der Waals surface area (Å²) < 4.78 is 6.34. The average molecular weight is 483 g/mol. The Morgan fingerprint density at radius 3 is 2.79 bits per heavy atom. The lowest BCUT2D eigenvalue weighted by Crippen LogP contribution is -2.48. The number of hydrogen-bond donors (Lipinski definition) is 4. The summed E-state index contributed by atoms with van der Waals surface area (Å²) in [5, 5.41) is 19.6. The molecule has 1 fully saturated rings. The van der Waals surface area contributed by atoms with E-state index in [1.807, 2.05) is 25.2 Å². The van der Waals surface area contributed by atoms with Crippen LogP contribution in [0.2, 0.25) is 0 Å². The number of carbonyl (C=O) groups excluding carboxylic acids is 1. The SMILES string of the molecule is CNc1cnc2ccc(-c3cnc(CO)nc3)c(OCC(P)CNC(=O)[C@@H]3CCCCN3)c2c1. The van der Waals surface area contributed by atoms with Crippen LogP contribution in [0.1, 0.15) is 25.1 Å². The number of hydrogen-bond acceptors (Lipinski definition) is 8. The maximum absolute atomic E-state index is 12.4. The molecule has 1 aliphatic heterocycles. The molecule has 2 aromatic heterocycles.